The summed E-state index contributed by atoms with van der Waals surface area (Å²) in [7, 11) is 3.16. The summed E-state index contributed by atoms with van der Waals surface area (Å²) in [6.07, 6.45) is -0.268. The molecule has 0 aromatic carbocycles. The molecule has 9 heteroatoms. The fraction of sp³-hybridized carbons (Fsp3) is 0.818. The van der Waals surface area contributed by atoms with Crippen molar-refractivity contribution in [2.24, 2.45) is 5.73 Å². The molecule has 3 amide bonds. The second-order valence-electron chi connectivity index (χ2n) is 5.56. The van der Waals surface area contributed by atoms with Crippen LogP contribution in [0.3, 0.4) is 0 Å². The third kappa shape index (κ3) is 3.89. The molecular weight excluding hydrogens is 330 g/mol. The minimum absolute atomic E-state index is 0.0486. The van der Waals surface area contributed by atoms with Gasteiger partial charge in [0.25, 0.3) is 5.91 Å². The Morgan fingerprint density at radius 1 is 1.35 bits per heavy atom. The summed E-state index contributed by atoms with van der Waals surface area (Å²) in [6, 6.07) is -0.653. The van der Waals surface area contributed by atoms with Crippen LogP contribution in [0.5, 0.6) is 0 Å². The number of nitrogens with zero attached hydrogens (tertiary/aromatic N) is 2. The molecule has 8 nitrogen and oxygen atoms in total. The fourth-order valence-electron chi connectivity index (χ4n) is 1.74. The second-order valence-corrected chi connectivity index (χ2v) is 6.47. The number of carbonyl (C=O) groups is 2. The Morgan fingerprint density at radius 2 is 1.85 bits per heavy atom. The van der Waals surface area contributed by atoms with E-state index in [4.69, 9.17) is 10.8 Å². The van der Waals surface area contributed by atoms with Gasteiger partial charge in [-0.05, 0) is 13.8 Å². The number of rotatable bonds is 1. The number of urea groups is 1. The standard InChI is InChI=1S/C7H11BrN4O2.C4H11NO/c1-11-4-3(9-6(8)10-4)5(13)12(2)7(11)14;1-4(2,5)3-6/h3-4,6,9-10H,1-2H3;6H,3,5H2,1-2H3. The van der Waals surface area contributed by atoms with Gasteiger partial charge < -0.3 is 15.7 Å². The van der Waals surface area contributed by atoms with Gasteiger partial charge in [0.1, 0.15) is 17.3 Å². The Kier molecular flexibility index (Phi) is 5.50. The number of aliphatic hydroxyl groups is 1. The van der Waals surface area contributed by atoms with Crippen molar-refractivity contribution < 1.29 is 14.7 Å². The Balaban J connectivity index is 0.000000286. The van der Waals surface area contributed by atoms with Crippen molar-refractivity contribution in [3.05, 3.63) is 0 Å². The average molecular weight is 352 g/mol. The lowest BCUT2D eigenvalue weighted by atomic mass is 10.1. The highest BCUT2D eigenvalue weighted by atomic mass is 79.9. The normalized spacial score (nSPS) is 30.1. The lowest BCUT2D eigenvalue weighted by Crippen LogP contribution is -2.64. The predicted molar refractivity (Wildman–Crippen MR) is 77.8 cm³/mol. The number of imide groups is 1. The maximum Gasteiger partial charge on any atom is 0.327 e. The highest BCUT2D eigenvalue weighted by molar-refractivity contribution is 9.09. The van der Waals surface area contributed by atoms with E-state index in [9.17, 15) is 9.59 Å². The van der Waals surface area contributed by atoms with Gasteiger partial charge in [-0.25, -0.2) is 4.79 Å². The highest BCUT2D eigenvalue weighted by Gasteiger charge is 2.47. The van der Waals surface area contributed by atoms with Gasteiger partial charge in [0.15, 0.2) is 0 Å². The molecule has 2 aliphatic rings. The van der Waals surface area contributed by atoms with Crippen LogP contribution >= 0.6 is 15.9 Å². The summed E-state index contributed by atoms with van der Waals surface area (Å²) in [5.74, 6) is -0.201. The van der Waals surface area contributed by atoms with Gasteiger partial charge >= 0.3 is 6.03 Å². The first-order valence-electron chi connectivity index (χ1n) is 6.19. The summed E-state index contributed by atoms with van der Waals surface area (Å²) in [5.41, 5.74) is 4.88. The van der Waals surface area contributed by atoms with E-state index in [1.165, 1.54) is 11.9 Å². The molecule has 0 spiro atoms. The SMILES string of the molecule is CC(C)(N)CO.CN1C(=O)C2NC(Br)NC2N(C)C1=O. The van der Waals surface area contributed by atoms with Gasteiger partial charge in [-0.15, -0.1) is 0 Å². The van der Waals surface area contributed by atoms with Gasteiger partial charge in [0.2, 0.25) is 0 Å². The van der Waals surface area contributed by atoms with Crippen molar-refractivity contribution in [2.45, 2.75) is 36.7 Å². The number of alkyl halides is 1. The van der Waals surface area contributed by atoms with Gasteiger partial charge in [0.05, 0.1) is 6.61 Å². The van der Waals surface area contributed by atoms with Crippen LogP contribution in [0.15, 0.2) is 0 Å². The predicted octanol–water partition coefficient (Wildman–Crippen LogP) is -1.21. The monoisotopic (exact) mass is 351 g/mol. The van der Waals surface area contributed by atoms with Crippen molar-refractivity contribution in [3.63, 3.8) is 0 Å². The lowest BCUT2D eigenvalue weighted by molar-refractivity contribution is -0.133. The van der Waals surface area contributed by atoms with E-state index >= 15 is 0 Å². The molecule has 0 radical (unpaired) electrons. The number of carbonyl (C=O) groups excluding carboxylic acids is 2. The first kappa shape index (κ1) is 17.3. The van der Waals surface area contributed by atoms with Crippen LogP contribution in [0.2, 0.25) is 0 Å². The van der Waals surface area contributed by atoms with Crippen LogP contribution in [0.1, 0.15) is 13.8 Å². The number of hydrogen-bond donors (Lipinski definition) is 4. The number of nitrogens with two attached hydrogens (primary N) is 1. The Bertz CT molecular complexity index is 387. The second kappa shape index (κ2) is 6.35. The molecule has 0 aromatic heterocycles. The molecule has 0 bridgehead atoms. The van der Waals surface area contributed by atoms with Gasteiger partial charge in [0, 0.05) is 19.6 Å². The van der Waals surface area contributed by atoms with Crippen molar-refractivity contribution >= 4 is 27.9 Å². The largest absolute Gasteiger partial charge is 0.394 e. The molecular formula is C11H22BrN5O3. The first-order valence-corrected chi connectivity index (χ1v) is 7.10. The molecule has 2 rings (SSSR count). The first-order chi connectivity index (χ1) is 9.08. The average Bonchev–Trinajstić information content (AvgIpc) is 2.76. The molecule has 0 aliphatic carbocycles. The molecule has 116 valence electrons. The number of hydrogen-bond acceptors (Lipinski definition) is 6. The van der Waals surface area contributed by atoms with Crippen LogP contribution in [-0.4, -0.2) is 70.4 Å². The minimum Gasteiger partial charge on any atom is -0.394 e. The van der Waals surface area contributed by atoms with Crippen molar-refractivity contribution in [1.29, 1.82) is 0 Å². The molecule has 2 fully saturated rings. The topological polar surface area (TPSA) is 111 Å². The van der Waals surface area contributed by atoms with Crippen LogP contribution in [0.25, 0.3) is 0 Å². The minimum atomic E-state index is -0.403. The molecule has 2 aliphatic heterocycles. The molecule has 3 unspecified atom stereocenters. The summed E-state index contributed by atoms with van der Waals surface area (Å²) in [6.45, 7) is 3.59. The van der Waals surface area contributed by atoms with Crippen molar-refractivity contribution in [3.8, 4) is 0 Å². The zero-order valence-electron chi connectivity index (χ0n) is 12.1. The van der Waals surface area contributed by atoms with E-state index in [1.807, 2.05) is 0 Å². The van der Waals surface area contributed by atoms with Crippen LogP contribution < -0.4 is 16.4 Å². The van der Waals surface area contributed by atoms with Crippen LogP contribution in [0, 0.1) is 0 Å². The number of likely N-dealkylation sites (N-methyl/N-ethyl adjacent to an activating group) is 2. The maximum atomic E-state index is 11.7. The molecule has 2 saturated heterocycles. The van der Waals surface area contributed by atoms with E-state index in [1.54, 1.807) is 20.9 Å². The Hall–Kier alpha value is -0.740. The zero-order valence-corrected chi connectivity index (χ0v) is 13.6. The fourth-order valence-corrected chi connectivity index (χ4v) is 2.30. The molecule has 0 aromatic rings. The van der Waals surface area contributed by atoms with E-state index in [0.29, 0.717) is 0 Å². The molecule has 0 saturated carbocycles. The van der Waals surface area contributed by atoms with Gasteiger partial charge in [-0.2, -0.15) is 0 Å². The molecule has 3 atom stereocenters. The van der Waals surface area contributed by atoms with E-state index in [0.717, 1.165) is 4.90 Å². The number of aliphatic hydroxyl groups excluding tert-OH is 1. The van der Waals surface area contributed by atoms with E-state index < -0.39 is 5.54 Å². The number of nitrogens with one attached hydrogen (secondary N) is 2. The summed E-state index contributed by atoms with van der Waals surface area (Å²) < 4.78 is 0. The summed E-state index contributed by atoms with van der Waals surface area (Å²) in [5, 5.41) is 14.2. The summed E-state index contributed by atoms with van der Waals surface area (Å²) in [4.78, 5) is 25.8. The Labute approximate surface area is 126 Å². The van der Waals surface area contributed by atoms with Crippen molar-refractivity contribution in [2.75, 3.05) is 20.7 Å². The van der Waals surface area contributed by atoms with Crippen LogP contribution in [0.4, 0.5) is 4.79 Å². The molecule has 2 heterocycles. The lowest BCUT2D eigenvalue weighted by Gasteiger charge is -2.37. The van der Waals surface area contributed by atoms with E-state index in [2.05, 4.69) is 26.6 Å². The van der Waals surface area contributed by atoms with E-state index in [-0.39, 0.29) is 35.8 Å². The van der Waals surface area contributed by atoms with Crippen molar-refractivity contribution in [1.82, 2.24) is 20.4 Å². The third-order valence-corrected chi connectivity index (χ3v) is 3.50. The smallest absolute Gasteiger partial charge is 0.327 e. The number of fused-ring (bicyclic) bond motifs is 1. The summed E-state index contributed by atoms with van der Waals surface area (Å²) >= 11 is 3.29. The quantitative estimate of drug-likeness (QED) is 0.348. The third-order valence-electron chi connectivity index (χ3n) is 2.97. The van der Waals surface area contributed by atoms with Crippen LogP contribution in [-0.2, 0) is 4.79 Å². The van der Waals surface area contributed by atoms with Gasteiger partial charge in [-0.1, -0.05) is 15.9 Å². The van der Waals surface area contributed by atoms with Gasteiger partial charge in [-0.3, -0.25) is 20.3 Å². The molecule has 20 heavy (non-hydrogen) atoms. The molecule has 5 N–H and O–H groups in total. The highest BCUT2D eigenvalue weighted by Crippen LogP contribution is 2.19. The number of halogens is 1. The maximum absolute atomic E-state index is 11.7. The number of amides is 3. The Morgan fingerprint density at radius 3 is 2.30 bits per heavy atom. The zero-order chi connectivity index (χ0) is 15.7.